The minimum Gasteiger partial charge on any atom is -0.349 e. The van der Waals surface area contributed by atoms with Gasteiger partial charge in [0.15, 0.2) is 0 Å². The second kappa shape index (κ2) is 10.7. The predicted octanol–water partition coefficient (Wildman–Crippen LogP) is 2.36. The standard InChI is InChI=1S/C13H18N4O.C2H6/c1-11(5-4-6-14-3)10-17-8-7-15-13(17)9-16-12(2)18;1-2/h4-8H,1,9-10H2,2-3H3,(H,16,18);1-2H3/b5-4-,14-6?;. The molecular weight excluding hydrogens is 252 g/mol. The van der Waals surface area contributed by atoms with Gasteiger partial charge in [-0.25, -0.2) is 4.98 Å². The molecule has 1 N–H and O–H groups in total. The molecule has 0 bridgehead atoms. The summed E-state index contributed by atoms with van der Waals surface area (Å²) in [6, 6.07) is 0. The van der Waals surface area contributed by atoms with E-state index < -0.39 is 0 Å². The molecule has 1 aromatic heterocycles. The van der Waals surface area contributed by atoms with Crippen LogP contribution in [0.3, 0.4) is 0 Å². The van der Waals surface area contributed by atoms with Gasteiger partial charge in [0, 0.05) is 39.1 Å². The van der Waals surface area contributed by atoms with Gasteiger partial charge in [0.1, 0.15) is 5.82 Å². The smallest absolute Gasteiger partial charge is 0.217 e. The Bertz CT molecular complexity index is 472. The second-order valence-electron chi connectivity index (χ2n) is 3.81. The summed E-state index contributed by atoms with van der Waals surface area (Å²) in [5, 5.41) is 2.72. The highest BCUT2D eigenvalue weighted by Crippen LogP contribution is 2.03. The second-order valence-corrected chi connectivity index (χ2v) is 3.81. The van der Waals surface area contributed by atoms with Crippen LogP contribution in [0.15, 0.2) is 41.7 Å². The lowest BCUT2D eigenvalue weighted by atomic mass is 10.2. The molecule has 0 saturated heterocycles. The number of nitrogens with zero attached hydrogens (tertiary/aromatic N) is 3. The molecule has 0 aliphatic rings. The molecule has 1 aromatic rings. The Morgan fingerprint density at radius 2 is 2.25 bits per heavy atom. The average molecular weight is 276 g/mol. The first-order chi connectivity index (χ1) is 9.63. The average Bonchev–Trinajstić information content (AvgIpc) is 2.86. The number of imidazole rings is 1. The number of hydrogen-bond acceptors (Lipinski definition) is 3. The SMILES string of the molecule is C=C(/C=C\C=NC)Cn1ccnc1CNC(C)=O.CC. The Kier molecular flexibility index (Phi) is 9.56. The van der Waals surface area contributed by atoms with Crippen molar-refractivity contribution in [2.45, 2.75) is 33.9 Å². The molecule has 5 heteroatoms. The van der Waals surface area contributed by atoms with Gasteiger partial charge in [-0.05, 0) is 11.6 Å². The van der Waals surface area contributed by atoms with Crippen LogP contribution in [-0.4, -0.2) is 28.7 Å². The van der Waals surface area contributed by atoms with E-state index in [-0.39, 0.29) is 5.91 Å². The molecule has 0 aliphatic carbocycles. The van der Waals surface area contributed by atoms with E-state index in [1.165, 1.54) is 6.92 Å². The molecule has 0 aromatic carbocycles. The van der Waals surface area contributed by atoms with Gasteiger partial charge in [-0.3, -0.25) is 9.79 Å². The van der Waals surface area contributed by atoms with Crippen LogP contribution in [0.4, 0.5) is 0 Å². The number of allylic oxidation sites excluding steroid dienone is 3. The van der Waals surface area contributed by atoms with E-state index in [0.29, 0.717) is 13.1 Å². The number of aliphatic imine (C=N–C) groups is 1. The van der Waals surface area contributed by atoms with Crippen molar-refractivity contribution in [1.82, 2.24) is 14.9 Å². The van der Waals surface area contributed by atoms with Crippen LogP contribution in [0, 0.1) is 0 Å². The lowest BCUT2D eigenvalue weighted by Crippen LogP contribution is -2.21. The summed E-state index contributed by atoms with van der Waals surface area (Å²) in [4.78, 5) is 18.9. The van der Waals surface area contributed by atoms with Crippen LogP contribution in [0.25, 0.3) is 0 Å². The van der Waals surface area contributed by atoms with Gasteiger partial charge < -0.3 is 9.88 Å². The fourth-order valence-corrected chi connectivity index (χ4v) is 1.39. The molecule has 1 heterocycles. The van der Waals surface area contributed by atoms with Crippen LogP contribution in [0.2, 0.25) is 0 Å². The number of rotatable bonds is 6. The fraction of sp³-hybridized carbons (Fsp3) is 0.400. The number of hydrogen-bond donors (Lipinski definition) is 1. The Hall–Kier alpha value is -2.17. The molecule has 0 spiro atoms. The van der Waals surface area contributed by atoms with Gasteiger partial charge >= 0.3 is 0 Å². The highest BCUT2D eigenvalue weighted by Gasteiger charge is 2.03. The molecule has 0 radical (unpaired) electrons. The molecule has 20 heavy (non-hydrogen) atoms. The number of aromatic nitrogens is 2. The van der Waals surface area contributed by atoms with Crippen molar-refractivity contribution in [2.24, 2.45) is 4.99 Å². The Balaban J connectivity index is 0.00000172. The van der Waals surface area contributed by atoms with Crippen LogP contribution in [0.5, 0.6) is 0 Å². The highest BCUT2D eigenvalue weighted by molar-refractivity contribution is 5.72. The predicted molar refractivity (Wildman–Crippen MR) is 83.8 cm³/mol. The monoisotopic (exact) mass is 276 g/mol. The van der Waals surface area contributed by atoms with E-state index in [1.807, 2.05) is 36.8 Å². The van der Waals surface area contributed by atoms with Crippen molar-refractivity contribution >= 4 is 12.1 Å². The number of nitrogens with one attached hydrogen (secondary N) is 1. The van der Waals surface area contributed by atoms with Gasteiger partial charge in [-0.1, -0.05) is 26.5 Å². The van der Waals surface area contributed by atoms with Crippen molar-refractivity contribution < 1.29 is 4.79 Å². The van der Waals surface area contributed by atoms with E-state index in [1.54, 1.807) is 19.5 Å². The van der Waals surface area contributed by atoms with E-state index in [0.717, 1.165) is 11.4 Å². The summed E-state index contributed by atoms with van der Waals surface area (Å²) in [5.74, 6) is 0.742. The fourth-order valence-electron chi connectivity index (χ4n) is 1.39. The van der Waals surface area contributed by atoms with Crippen LogP contribution >= 0.6 is 0 Å². The van der Waals surface area contributed by atoms with Gasteiger partial charge in [-0.15, -0.1) is 0 Å². The summed E-state index contributed by atoms with van der Waals surface area (Å²) in [6.45, 7) is 10.5. The van der Waals surface area contributed by atoms with Gasteiger partial charge in [0.05, 0.1) is 6.54 Å². The topological polar surface area (TPSA) is 59.3 Å². The lowest BCUT2D eigenvalue weighted by molar-refractivity contribution is -0.119. The van der Waals surface area contributed by atoms with Gasteiger partial charge in [0.2, 0.25) is 5.91 Å². The molecule has 0 aliphatic heterocycles. The Labute approximate surface area is 121 Å². The molecular formula is C15H24N4O. The van der Waals surface area contributed by atoms with Gasteiger partial charge in [0.25, 0.3) is 0 Å². The normalized spacial score (nSPS) is 10.4. The summed E-state index contributed by atoms with van der Waals surface area (Å²) in [5.41, 5.74) is 0.942. The first-order valence-electron chi connectivity index (χ1n) is 6.64. The maximum atomic E-state index is 10.9. The first kappa shape index (κ1) is 17.8. The molecule has 0 saturated carbocycles. The Morgan fingerprint density at radius 3 is 2.85 bits per heavy atom. The zero-order valence-corrected chi connectivity index (χ0v) is 12.8. The summed E-state index contributed by atoms with van der Waals surface area (Å²) in [7, 11) is 1.72. The van der Waals surface area contributed by atoms with Crippen LogP contribution in [0.1, 0.15) is 26.6 Å². The van der Waals surface area contributed by atoms with E-state index in [4.69, 9.17) is 0 Å². The minimum atomic E-state index is -0.0672. The summed E-state index contributed by atoms with van der Waals surface area (Å²) in [6.07, 6.45) is 9.02. The molecule has 1 amide bonds. The quantitative estimate of drug-likeness (QED) is 0.640. The third kappa shape index (κ3) is 7.31. The molecule has 110 valence electrons. The lowest BCUT2D eigenvalue weighted by Gasteiger charge is -2.08. The Morgan fingerprint density at radius 1 is 1.55 bits per heavy atom. The van der Waals surface area contributed by atoms with Crippen LogP contribution in [-0.2, 0) is 17.9 Å². The maximum Gasteiger partial charge on any atom is 0.217 e. The zero-order chi connectivity index (χ0) is 15.4. The van der Waals surface area contributed by atoms with E-state index >= 15 is 0 Å². The summed E-state index contributed by atoms with van der Waals surface area (Å²) >= 11 is 0. The third-order valence-corrected chi connectivity index (χ3v) is 2.24. The van der Waals surface area contributed by atoms with Gasteiger partial charge in [-0.2, -0.15) is 0 Å². The maximum absolute atomic E-state index is 10.9. The number of carbonyl (C=O) groups excluding carboxylic acids is 1. The summed E-state index contributed by atoms with van der Waals surface area (Å²) < 4.78 is 1.95. The first-order valence-corrected chi connectivity index (χ1v) is 6.64. The zero-order valence-electron chi connectivity index (χ0n) is 12.8. The van der Waals surface area contributed by atoms with Crippen molar-refractivity contribution in [1.29, 1.82) is 0 Å². The van der Waals surface area contributed by atoms with Crippen molar-refractivity contribution in [3.05, 3.63) is 42.5 Å². The number of carbonyl (C=O) groups is 1. The third-order valence-electron chi connectivity index (χ3n) is 2.24. The molecule has 0 fully saturated rings. The molecule has 5 nitrogen and oxygen atoms in total. The highest BCUT2D eigenvalue weighted by atomic mass is 16.1. The largest absolute Gasteiger partial charge is 0.349 e. The molecule has 0 unspecified atom stereocenters. The van der Waals surface area contributed by atoms with Crippen molar-refractivity contribution in [2.75, 3.05) is 7.05 Å². The van der Waals surface area contributed by atoms with E-state index in [9.17, 15) is 4.79 Å². The molecule has 1 rings (SSSR count). The molecule has 0 atom stereocenters. The van der Waals surface area contributed by atoms with Crippen molar-refractivity contribution in [3.63, 3.8) is 0 Å². The van der Waals surface area contributed by atoms with Crippen molar-refractivity contribution in [3.8, 4) is 0 Å². The minimum absolute atomic E-state index is 0.0672. The van der Waals surface area contributed by atoms with Crippen LogP contribution < -0.4 is 5.32 Å². The van der Waals surface area contributed by atoms with E-state index in [2.05, 4.69) is 21.9 Å². The number of amides is 1.